The van der Waals surface area contributed by atoms with Gasteiger partial charge in [0.15, 0.2) is 0 Å². The summed E-state index contributed by atoms with van der Waals surface area (Å²) in [7, 11) is 0. The molecule has 6 heteroatoms. The van der Waals surface area contributed by atoms with Gasteiger partial charge in [0.05, 0.1) is 11.1 Å². The molecule has 5 aromatic rings. The van der Waals surface area contributed by atoms with Crippen LogP contribution >= 0.6 is 0 Å². The van der Waals surface area contributed by atoms with Crippen molar-refractivity contribution in [2.45, 2.75) is 12.4 Å². The molecular formula is C32H20F6. The van der Waals surface area contributed by atoms with E-state index >= 15 is 0 Å². The Morgan fingerprint density at radius 2 is 0.553 bits per heavy atom. The second-order valence-corrected chi connectivity index (χ2v) is 8.89. The summed E-state index contributed by atoms with van der Waals surface area (Å²) in [5, 5.41) is 0. The lowest BCUT2D eigenvalue weighted by Gasteiger charge is -2.11. The average molecular weight is 519 g/mol. The minimum absolute atomic E-state index is 0.487. The fourth-order valence-electron chi connectivity index (χ4n) is 4.34. The van der Waals surface area contributed by atoms with E-state index in [1.54, 1.807) is 36.4 Å². The van der Waals surface area contributed by atoms with Crippen LogP contribution in [0, 0.1) is 0 Å². The predicted molar refractivity (Wildman–Crippen MR) is 138 cm³/mol. The lowest BCUT2D eigenvalue weighted by atomic mass is 9.95. The van der Waals surface area contributed by atoms with Crippen molar-refractivity contribution in [2.24, 2.45) is 0 Å². The highest BCUT2D eigenvalue weighted by atomic mass is 19.4. The van der Waals surface area contributed by atoms with Crippen molar-refractivity contribution in [3.05, 3.63) is 132 Å². The van der Waals surface area contributed by atoms with Crippen LogP contribution < -0.4 is 0 Å². The fourth-order valence-corrected chi connectivity index (χ4v) is 4.34. The zero-order valence-electron chi connectivity index (χ0n) is 19.8. The van der Waals surface area contributed by atoms with E-state index < -0.39 is 23.5 Å². The van der Waals surface area contributed by atoms with Gasteiger partial charge in [0.2, 0.25) is 0 Å². The minimum Gasteiger partial charge on any atom is -0.166 e. The van der Waals surface area contributed by atoms with Crippen molar-refractivity contribution >= 4 is 0 Å². The maximum absolute atomic E-state index is 13.1. The van der Waals surface area contributed by atoms with Crippen molar-refractivity contribution in [2.75, 3.05) is 0 Å². The molecule has 0 radical (unpaired) electrons. The van der Waals surface area contributed by atoms with E-state index in [-0.39, 0.29) is 0 Å². The third-order valence-electron chi connectivity index (χ3n) is 6.35. The summed E-state index contributed by atoms with van der Waals surface area (Å²) >= 11 is 0. The summed E-state index contributed by atoms with van der Waals surface area (Å²) in [4.78, 5) is 0. The van der Waals surface area contributed by atoms with Crippen LogP contribution in [0.15, 0.2) is 121 Å². The fraction of sp³-hybridized carbons (Fsp3) is 0.0625. The van der Waals surface area contributed by atoms with Gasteiger partial charge in [-0.3, -0.25) is 0 Å². The highest BCUT2D eigenvalue weighted by Crippen LogP contribution is 2.35. The first-order valence-electron chi connectivity index (χ1n) is 11.7. The monoisotopic (exact) mass is 518 g/mol. The summed E-state index contributed by atoms with van der Waals surface area (Å²) in [5.74, 6) is 0. The molecule has 0 saturated heterocycles. The molecule has 0 nitrogen and oxygen atoms in total. The Kier molecular flexibility index (Phi) is 6.57. The number of hydrogen-bond donors (Lipinski definition) is 0. The second-order valence-electron chi connectivity index (χ2n) is 8.89. The van der Waals surface area contributed by atoms with Crippen LogP contribution in [0.1, 0.15) is 11.1 Å². The molecule has 0 N–H and O–H groups in total. The summed E-state index contributed by atoms with van der Waals surface area (Å²) in [5.41, 5.74) is 4.63. The van der Waals surface area contributed by atoms with E-state index in [2.05, 4.69) is 0 Å². The molecule has 0 aliphatic rings. The Morgan fingerprint density at radius 1 is 0.289 bits per heavy atom. The normalized spacial score (nSPS) is 11.9. The molecular weight excluding hydrogens is 498 g/mol. The Balaban J connectivity index is 1.38. The number of alkyl halides is 6. The van der Waals surface area contributed by atoms with E-state index in [1.807, 2.05) is 48.5 Å². The SMILES string of the molecule is FC(F)(F)c1cccc(-c2ccc(-c3cccc(-c4ccc(-c5cccc(C(F)(F)F)c5)cc4)c3)cc2)c1. The summed E-state index contributed by atoms with van der Waals surface area (Å²) in [6, 6.07) is 32.9. The quantitative estimate of drug-likeness (QED) is 0.208. The van der Waals surface area contributed by atoms with E-state index in [9.17, 15) is 26.3 Å². The molecule has 190 valence electrons. The van der Waals surface area contributed by atoms with Crippen molar-refractivity contribution in [1.29, 1.82) is 0 Å². The van der Waals surface area contributed by atoms with Crippen LogP contribution in [0.4, 0.5) is 26.3 Å². The van der Waals surface area contributed by atoms with Crippen LogP contribution in [0.25, 0.3) is 44.5 Å². The molecule has 5 rings (SSSR count). The Labute approximate surface area is 215 Å². The highest BCUT2D eigenvalue weighted by Gasteiger charge is 2.31. The smallest absolute Gasteiger partial charge is 0.166 e. The second kappa shape index (κ2) is 9.86. The van der Waals surface area contributed by atoms with Crippen molar-refractivity contribution in [3.8, 4) is 44.5 Å². The highest BCUT2D eigenvalue weighted by molar-refractivity contribution is 5.77. The molecule has 0 amide bonds. The summed E-state index contributed by atoms with van der Waals surface area (Å²) < 4.78 is 78.4. The predicted octanol–water partition coefficient (Wildman–Crippen LogP) is 10.4. The van der Waals surface area contributed by atoms with E-state index in [1.165, 1.54) is 12.1 Å². The first-order valence-corrected chi connectivity index (χ1v) is 11.7. The zero-order chi connectivity index (χ0) is 26.9. The van der Waals surface area contributed by atoms with Gasteiger partial charge in [0.1, 0.15) is 0 Å². The Bertz CT molecular complexity index is 1440. The number of rotatable bonds is 4. The van der Waals surface area contributed by atoms with Gasteiger partial charge >= 0.3 is 12.4 Å². The molecule has 0 saturated carbocycles. The van der Waals surface area contributed by atoms with Crippen LogP contribution in [-0.4, -0.2) is 0 Å². The number of benzene rings is 5. The molecule has 0 aromatic heterocycles. The molecule has 0 heterocycles. The van der Waals surface area contributed by atoms with Crippen LogP contribution in [0.5, 0.6) is 0 Å². The molecule has 5 aromatic carbocycles. The summed E-state index contributed by atoms with van der Waals surface area (Å²) in [6.07, 6.45) is -8.80. The van der Waals surface area contributed by atoms with E-state index in [4.69, 9.17) is 0 Å². The third-order valence-corrected chi connectivity index (χ3v) is 6.35. The summed E-state index contributed by atoms with van der Waals surface area (Å²) in [6.45, 7) is 0. The number of hydrogen-bond acceptors (Lipinski definition) is 0. The lowest BCUT2D eigenvalue weighted by Crippen LogP contribution is -2.04. The van der Waals surface area contributed by atoms with Gasteiger partial charge in [-0.05, 0) is 74.8 Å². The molecule has 0 atom stereocenters. The van der Waals surface area contributed by atoms with Gasteiger partial charge in [0, 0.05) is 0 Å². The Morgan fingerprint density at radius 3 is 0.842 bits per heavy atom. The van der Waals surface area contributed by atoms with Gasteiger partial charge in [0.25, 0.3) is 0 Å². The average Bonchev–Trinajstić information content (AvgIpc) is 2.93. The molecule has 0 aliphatic carbocycles. The molecule has 0 unspecified atom stereocenters. The van der Waals surface area contributed by atoms with E-state index in [0.717, 1.165) is 46.5 Å². The van der Waals surface area contributed by atoms with Crippen molar-refractivity contribution in [3.63, 3.8) is 0 Å². The van der Waals surface area contributed by atoms with Gasteiger partial charge in [-0.15, -0.1) is 0 Å². The van der Waals surface area contributed by atoms with Gasteiger partial charge in [-0.25, -0.2) is 0 Å². The standard InChI is InChI=1S/C32H20F6/c33-31(34,35)29-8-2-6-27(19-29)23-14-10-21(11-15-23)25-4-1-5-26(18-25)22-12-16-24(17-13-22)28-7-3-9-30(20-28)32(36,37)38/h1-20H. The molecule has 0 spiro atoms. The van der Waals surface area contributed by atoms with Gasteiger partial charge in [-0.1, -0.05) is 91.0 Å². The van der Waals surface area contributed by atoms with E-state index in [0.29, 0.717) is 22.3 Å². The topological polar surface area (TPSA) is 0 Å². The zero-order valence-corrected chi connectivity index (χ0v) is 19.8. The lowest BCUT2D eigenvalue weighted by molar-refractivity contribution is -0.138. The first-order chi connectivity index (χ1) is 18.1. The molecule has 0 fully saturated rings. The van der Waals surface area contributed by atoms with Crippen molar-refractivity contribution < 1.29 is 26.3 Å². The Hall–Kier alpha value is -4.32. The maximum atomic E-state index is 13.1. The van der Waals surface area contributed by atoms with Crippen molar-refractivity contribution in [1.82, 2.24) is 0 Å². The van der Waals surface area contributed by atoms with Crippen LogP contribution in [-0.2, 0) is 12.4 Å². The van der Waals surface area contributed by atoms with Crippen LogP contribution in [0.2, 0.25) is 0 Å². The van der Waals surface area contributed by atoms with Crippen LogP contribution in [0.3, 0.4) is 0 Å². The largest absolute Gasteiger partial charge is 0.416 e. The first kappa shape index (κ1) is 25.3. The minimum atomic E-state index is -4.40. The molecule has 38 heavy (non-hydrogen) atoms. The third kappa shape index (κ3) is 5.49. The maximum Gasteiger partial charge on any atom is 0.416 e. The van der Waals surface area contributed by atoms with Gasteiger partial charge in [-0.2, -0.15) is 26.3 Å². The van der Waals surface area contributed by atoms with Gasteiger partial charge < -0.3 is 0 Å². The molecule has 0 bridgehead atoms. The number of halogens is 6. The molecule has 0 aliphatic heterocycles.